The molecule has 10 heavy (non-hydrogen) atoms. The highest BCUT2D eigenvalue weighted by Crippen LogP contribution is 2.20. The number of furan rings is 1. The van der Waals surface area contributed by atoms with Gasteiger partial charge in [0.1, 0.15) is 5.58 Å². The summed E-state index contributed by atoms with van der Waals surface area (Å²) in [5.41, 5.74) is 0.778. The molecule has 2 rings (SSSR count). The summed E-state index contributed by atoms with van der Waals surface area (Å²) in [6.45, 7) is 0. The Hall–Kier alpha value is -1.02. The smallest absolute Gasteiger partial charge is 0.194 e. The zero-order valence-corrected chi connectivity index (χ0v) is 5.80. The minimum Gasteiger partial charge on any atom is -0.445 e. The molecule has 3 heteroatoms. The predicted molar refractivity (Wildman–Crippen MR) is 39.0 cm³/mol. The molecule has 50 valence electrons. The van der Waals surface area contributed by atoms with Gasteiger partial charge in [-0.2, -0.15) is 0 Å². The Kier molecular flexibility index (Phi) is 1.14. The second-order valence-corrected chi connectivity index (χ2v) is 2.34. The number of rotatable bonds is 0. The zero-order valence-electron chi connectivity index (χ0n) is 5.04. The van der Waals surface area contributed by atoms with Crippen LogP contribution in [0.3, 0.4) is 0 Å². The molecule has 0 amide bonds. The third-order valence-electron chi connectivity index (χ3n) is 1.29. The highest BCUT2D eigenvalue weighted by Gasteiger charge is 1.97. The topological polar surface area (TPSA) is 26.0 Å². The van der Waals surface area contributed by atoms with Gasteiger partial charge in [0, 0.05) is 23.8 Å². The van der Waals surface area contributed by atoms with Crippen LogP contribution >= 0.6 is 11.6 Å². The van der Waals surface area contributed by atoms with Gasteiger partial charge >= 0.3 is 0 Å². The molecular formula is C7H4ClNO. The third kappa shape index (κ3) is 0.772. The lowest BCUT2D eigenvalue weighted by Crippen LogP contribution is -1.65. The van der Waals surface area contributed by atoms with Crippen molar-refractivity contribution in [2.24, 2.45) is 0 Å². The Morgan fingerprint density at radius 1 is 1.50 bits per heavy atom. The predicted octanol–water partition coefficient (Wildman–Crippen LogP) is 2.48. The molecule has 0 atom stereocenters. The zero-order chi connectivity index (χ0) is 6.97. The molecule has 0 N–H and O–H groups in total. The molecule has 0 unspecified atom stereocenters. The summed E-state index contributed by atoms with van der Waals surface area (Å²) in [6.07, 6.45) is 3.38. The maximum absolute atomic E-state index is 5.59. The lowest BCUT2D eigenvalue weighted by molar-refractivity contribution is 0.617. The minimum atomic E-state index is 0.406. The SMILES string of the molecule is Clc1cc2cnccc2o1. The highest BCUT2D eigenvalue weighted by atomic mass is 35.5. The first-order valence-electron chi connectivity index (χ1n) is 2.85. The minimum absolute atomic E-state index is 0.406. The number of halogens is 1. The van der Waals surface area contributed by atoms with Gasteiger partial charge in [-0.15, -0.1) is 0 Å². The van der Waals surface area contributed by atoms with Gasteiger partial charge in [0.05, 0.1) is 0 Å². The second-order valence-electron chi connectivity index (χ2n) is 1.96. The fraction of sp³-hybridized carbons (Fsp3) is 0. The maximum atomic E-state index is 5.59. The maximum Gasteiger partial charge on any atom is 0.194 e. The van der Waals surface area contributed by atoms with Crippen molar-refractivity contribution in [1.29, 1.82) is 0 Å². The van der Waals surface area contributed by atoms with E-state index in [0.717, 1.165) is 11.0 Å². The van der Waals surface area contributed by atoms with Crippen molar-refractivity contribution in [1.82, 2.24) is 4.98 Å². The number of pyridine rings is 1. The van der Waals surface area contributed by atoms with Crippen molar-refractivity contribution in [2.45, 2.75) is 0 Å². The molecule has 0 spiro atoms. The van der Waals surface area contributed by atoms with E-state index >= 15 is 0 Å². The van der Waals surface area contributed by atoms with E-state index in [1.807, 2.05) is 0 Å². The molecular weight excluding hydrogens is 150 g/mol. The first-order valence-corrected chi connectivity index (χ1v) is 3.23. The first kappa shape index (κ1) is 5.74. The summed E-state index contributed by atoms with van der Waals surface area (Å²) in [4.78, 5) is 3.91. The molecule has 0 aromatic carbocycles. The van der Waals surface area contributed by atoms with Crippen LogP contribution in [0.5, 0.6) is 0 Å². The number of nitrogens with zero attached hydrogens (tertiary/aromatic N) is 1. The normalized spacial score (nSPS) is 10.5. The molecule has 0 bridgehead atoms. The Morgan fingerprint density at radius 2 is 2.40 bits per heavy atom. The lowest BCUT2D eigenvalue weighted by atomic mass is 10.3. The largest absolute Gasteiger partial charge is 0.445 e. The number of hydrogen-bond donors (Lipinski definition) is 0. The van der Waals surface area contributed by atoms with Crippen LogP contribution in [0.4, 0.5) is 0 Å². The van der Waals surface area contributed by atoms with Gasteiger partial charge in [0.2, 0.25) is 0 Å². The average Bonchev–Trinajstić information content (AvgIpc) is 2.27. The Balaban J connectivity index is 2.88. The number of aromatic nitrogens is 1. The van der Waals surface area contributed by atoms with Crippen LogP contribution in [0.25, 0.3) is 11.0 Å². The summed E-state index contributed by atoms with van der Waals surface area (Å²) < 4.78 is 5.09. The molecule has 0 radical (unpaired) electrons. The molecule has 0 saturated heterocycles. The van der Waals surface area contributed by atoms with Gasteiger partial charge < -0.3 is 4.42 Å². The second kappa shape index (κ2) is 1.99. The monoisotopic (exact) mass is 153 g/mol. The molecule has 0 aliphatic heterocycles. The van der Waals surface area contributed by atoms with Gasteiger partial charge in [-0.25, -0.2) is 0 Å². The van der Waals surface area contributed by atoms with Gasteiger partial charge in [-0.3, -0.25) is 4.98 Å². The van der Waals surface area contributed by atoms with Crippen molar-refractivity contribution in [3.63, 3.8) is 0 Å². The van der Waals surface area contributed by atoms with E-state index in [2.05, 4.69) is 4.98 Å². The van der Waals surface area contributed by atoms with E-state index < -0.39 is 0 Å². The number of fused-ring (bicyclic) bond motifs is 1. The van der Waals surface area contributed by atoms with Crippen LogP contribution in [-0.2, 0) is 0 Å². The molecule has 2 aromatic rings. The molecule has 2 nitrogen and oxygen atoms in total. The van der Waals surface area contributed by atoms with E-state index in [-0.39, 0.29) is 0 Å². The van der Waals surface area contributed by atoms with E-state index in [0.29, 0.717) is 5.22 Å². The molecule has 0 aliphatic rings. The Labute approximate surface area is 62.4 Å². The summed E-state index contributed by atoms with van der Waals surface area (Å²) in [5, 5.41) is 1.34. The summed E-state index contributed by atoms with van der Waals surface area (Å²) >= 11 is 5.59. The molecule has 0 fully saturated rings. The van der Waals surface area contributed by atoms with Crippen LogP contribution in [0.2, 0.25) is 5.22 Å². The fourth-order valence-electron chi connectivity index (χ4n) is 0.852. The third-order valence-corrected chi connectivity index (χ3v) is 1.47. The fourth-order valence-corrected chi connectivity index (χ4v) is 1.05. The summed E-state index contributed by atoms with van der Waals surface area (Å²) in [6, 6.07) is 3.52. The van der Waals surface area contributed by atoms with Crippen LogP contribution in [-0.4, -0.2) is 4.98 Å². The van der Waals surface area contributed by atoms with E-state index in [1.54, 1.807) is 24.5 Å². The van der Waals surface area contributed by atoms with Gasteiger partial charge in [-0.1, -0.05) is 0 Å². The first-order chi connectivity index (χ1) is 4.86. The van der Waals surface area contributed by atoms with Crippen LogP contribution < -0.4 is 0 Å². The summed E-state index contributed by atoms with van der Waals surface area (Å²) in [7, 11) is 0. The standard InChI is InChI=1S/C7H4ClNO/c8-7-3-5-4-9-2-1-6(5)10-7/h1-4H. The molecule has 2 aromatic heterocycles. The van der Waals surface area contributed by atoms with Crippen LogP contribution in [0.1, 0.15) is 0 Å². The van der Waals surface area contributed by atoms with E-state index in [4.69, 9.17) is 16.0 Å². The van der Waals surface area contributed by atoms with Gasteiger partial charge in [-0.05, 0) is 17.7 Å². The Morgan fingerprint density at radius 3 is 3.20 bits per heavy atom. The van der Waals surface area contributed by atoms with Crippen molar-refractivity contribution >= 4 is 22.6 Å². The summed E-state index contributed by atoms with van der Waals surface area (Å²) in [5.74, 6) is 0. The highest BCUT2D eigenvalue weighted by molar-refractivity contribution is 6.29. The van der Waals surface area contributed by atoms with Gasteiger partial charge in [0.25, 0.3) is 0 Å². The molecule has 0 saturated carbocycles. The molecule has 0 aliphatic carbocycles. The van der Waals surface area contributed by atoms with Gasteiger partial charge in [0.15, 0.2) is 5.22 Å². The van der Waals surface area contributed by atoms with Crippen LogP contribution in [0, 0.1) is 0 Å². The Bertz CT molecular complexity index is 322. The van der Waals surface area contributed by atoms with Crippen LogP contribution in [0.15, 0.2) is 28.9 Å². The van der Waals surface area contributed by atoms with Crippen molar-refractivity contribution in [2.75, 3.05) is 0 Å². The van der Waals surface area contributed by atoms with Crippen molar-refractivity contribution in [3.8, 4) is 0 Å². The lowest BCUT2D eigenvalue weighted by Gasteiger charge is -1.81. The average molecular weight is 154 g/mol. The van der Waals surface area contributed by atoms with E-state index in [9.17, 15) is 0 Å². The van der Waals surface area contributed by atoms with Crippen molar-refractivity contribution < 1.29 is 4.42 Å². The number of hydrogen-bond acceptors (Lipinski definition) is 2. The van der Waals surface area contributed by atoms with Crippen molar-refractivity contribution in [3.05, 3.63) is 29.7 Å². The quantitative estimate of drug-likeness (QED) is 0.581. The van der Waals surface area contributed by atoms with E-state index in [1.165, 1.54) is 0 Å². The molecule has 2 heterocycles.